The van der Waals surface area contributed by atoms with Gasteiger partial charge in [0.15, 0.2) is 11.7 Å². The Balaban J connectivity index is 1.68. The number of anilines is 1. The molecule has 5 nitrogen and oxygen atoms in total. The molecule has 1 amide bonds. The van der Waals surface area contributed by atoms with Gasteiger partial charge in [-0.1, -0.05) is 13.8 Å². The molecule has 0 radical (unpaired) electrons. The number of oxazole rings is 1. The second-order valence-corrected chi connectivity index (χ2v) is 6.17. The van der Waals surface area contributed by atoms with Crippen LogP contribution >= 0.6 is 0 Å². The highest BCUT2D eigenvalue weighted by molar-refractivity contribution is 5.95. The average Bonchev–Trinajstić information content (AvgIpc) is 3.25. The predicted octanol–water partition coefficient (Wildman–Crippen LogP) is 3.14. The number of nitrogens with two attached hydrogens (primary N) is 1. The molecule has 3 N–H and O–H groups in total. The summed E-state index contributed by atoms with van der Waals surface area (Å²) in [6.45, 7) is 3.85. The molecule has 1 heterocycles. The lowest BCUT2D eigenvalue weighted by Crippen LogP contribution is -2.39. The van der Waals surface area contributed by atoms with E-state index in [9.17, 15) is 4.79 Å². The normalized spacial score (nSPS) is 15.8. The van der Waals surface area contributed by atoms with Gasteiger partial charge in [-0.2, -0.15) is 0 Å². The van der Waals surface area contributed by atoms with Gasteiger partial charge in [0.2, 0.25) is 5.91 Å². The summed E-state index contributed by atoms with van der Waals surface area (Å²) >= 11 is 0. The molecule has 1 saturated carbocycles. The minimum Gasteiger partial charge on any atom is -0.440 e. The van der Waals surface area contributed by atoms with Gasteiger partial charge in [0.05, 0.1) is 12.2 Å². The van der Waals surface area contributed by atoms with E-state index in [1.165, 1.54) is 12.8 Å². The fourth-order valence-corrected chi connectivity index (χ4v) is 2.19. The summed E-state index contributed by atoms with van der Waals surface area (Å²) in [5.41, 5.74) is 7.51. The Morgan fingerprint density at radius 1 is 1.32 bits per heavy atom. The van der Waals surface area contributed by atoms with Crippen LogP contribution in [0.15, 0.2) is 34.9 Å². The van der Waals surface area contributed by atoms with Crippen molar-refractivity contribution in [1.29, 1.82) is 0 Å². The topological polar surface area (TPSA) is 81.2 Å². The lowest BCUT2D eigenvalue weighted by Gasteiger charge is -2.15. The molecule has 1 aliphatic carbocycles. The first kappa shape index (κ1) is 14.8. The van der Waals surface area contributed by atoms with E-state index in [1.54, 1.807) is 6.20 Å². The van der Waals surface area contributed by atoms with Crippen molar-refractivity contribution in [2.45, 2.75) is 38.6 Å². The van der Waals surface area contributed by atoms with Crippen molar-refractivity contribution >= 4 is 11.6 Å². The van der Waals surface area contributed by atoms with Crippen LogP contribution < -0.4 is 11.1 Å². The van der Waals surface area contributed by atoms with E-state index >= 15 is 0 Å². The summed E-state index contributed by atoms with van der Waals surface area (Å²) in [5.74, 6) is 2.03. The molecule has 0 bridgehead atoms. The number of nitrogens with zero attached hydrogens (tertiary/aromatic N) is 1. The van der Waals surface area contributed by atoms with E-state index in [0.29, 0.717) is 5.92 Å². The number of nitrogens with one attached hydrogen (secondary N) is 1. The number of carbonyl (C=O) groups excluding carboxylic acids is 1. The van der Waals surface area contributed by atoms with E-state index in [0.717, 1.165) is 22.9 Å². The standard InChI is InChI=1S/C17H21N3O2/c1-10(2)15(18)16(21)20-13-7-5-11(6-8-13)14-9-19-17(22-14)12-3-4-12/h5-10,12,15H,3-4,18H2,1-2H3,(H,20,21)/t15-/m0/s1. The van der Waals surface area contributed by atoms with Crippen molar-refractivity contribution in [2.75, 3.05) is 5.32 Å². The Labute approximate surface area is 129 Å². The summed E-state index contributed by atoms with van der Waals surface area (Å²) in [6.07, 6.45) is 4.10. The van der Waals surface area contributed by atoms with Crippen molar-refractivity contribution in [1.82, 2.24) is 4.98 Å². The Hall–Kier alpha value is -2.14. The largest absolute Gasteiger partial charge is 0.440 e. The number of benzene rings is 1. The molecular formula is C17H21N3O2. The zero-order valence-corrected chi connectivity index (χ0v) is 12.9. The van der Waals surface area contributed by atoms with Crippen LogP contribution in [0.1, 0.15) is 38.5 Å². The molecule has 1 aromatic carbocycles. The molecule has 1 aliphatic rings. The van der Waals surface area contributed by atoms with Crippen LogP contribution in [-0.2, 0) is 4.79 Å². The zero-order chi connectivity index (χ0) is 15.7. The lowest BCUT2D eigenvalue weighted by molar-refractivity contribution is -0.118. The van der Waals surface area contributed by atoms with Gasteiger partial charge < -0.3 is 15.5 Å². The molecule has 1 atom stereocenters. The first-order valence-electron chi connectivity index (χ1n) is 7.67. The molecule has 0 saturated heterocycles. The quantitative estimate of drug-likeness (QED) is 0.888. The summed E-state index contributed by atoms with van der Waals surface area (Å²) in [5, 5.41) is 2.82. The Morgan fingerprint density at radius 2 is 2.00 bits per heavy atom. The maximum Gasteiger partial charge on any atom is 0.241 e. The number of hydrogen-bond acceptors (Lipinski definition) is 4. The smallest absolute Gasteiger partial charge is 0.241 e. The summed E-state index contributed by atoms with van der Waals surface area (Å²) in [7, 11) is 0. The van der Waals surface area contributed by atoms with E-state index in [-0.39, 0.29) is 11.8 Å². The Morgan fingerprint density at radius 3 is 2.59 bits per heavy atom. The predicted molar refractivity (Wildman–Crippen MR) is 85.4 cm³/mol. The molecule has 0 unspecified atom stereocenters. The maximum absolute atomic E-state index is 11.9. The first-order valence-corrected chi connectivity index (χ1v) is 7.67. The minimum absolute atomic E-state index is 0.106. The average molecular weight is 299 g/mol. The molecule has 5 heteroatoms. The fraction of sp³-hybridized carbons (Fsp3) is 0.412. The second kappa shape index (κ2) is 5.93. The number of aromatic nitrogens is 1. The highest BCUT2D eigenvalue weighted by Crippen LogP contribution is 2.40. The summed E-state index contributed by atoms with van der Waals surface area (Å²) in [4.78, 5) is 16.2. The van der Waals surface area contributed by atoms with Crippen molar-refractivity contribution in [3.8, 4) is 11.3 Å². The maximum atomic E-state index is 11.9. The van der Waals surface area contributed by atoms with Crippen LogP contribution in [-0.4, -0.2) is 16.9 Å². The molecule has 116 valence electrons. The Kier molecular flexibility index (Phi) is 3.98. The highest BCUT2D eigenvalue weighted by Gasteiger charge is 2.28. The molecule has 1 aromatic heterocycles. The highest BCUT2D eigenvalue weighted by atomic mass is 16.4. The van der Waals surface area contributed by atoms with Crippen LogP contribution in [0.4, 0.5) is 5.69 Å². The van der Waals surface area contributed by atoms with Crippen LogP contribution in [0.5, 0.6) is 0 Å². The van der Waals surface area contributed by atoms with Gasteiger partial charge in [-0.3, -0.25) is 4.79 Å². The van der Waals surface area contributed by atoms with Gasteiger partial charge in [0, 0.05) is 17.2 Å². The van der Waals surface area contributed by atoms with E-state index < -0.39 is 6.04 Å². The summed E-state index contributed by atoms with van der Waals surface area (Å²) < 4.78 is 5.77. The lowest BCUT2D eigenvalue weighted by atomic mass is 10.0. The number of rotatable bonds is 5. The molecule has 1 fully saturated rings. The van der Waals surface area contributed by atoms with E-state index in [4.69, 9.17) is 10.2 Å². The van der Waals surface area contributed by atoms with Crippen molar-refractivity contribution in [2.24, 2.45) is 11.7 Å². The number of hydrogen-bond donors (Lipinski definition) is 2. The van der Waals surface area contributed by atoms with Gasteiger partial charge in [-0.05, 0) is 43.0 Å². The van der Waals surface area contributed by atoms with Gasteiger partial charge in [-0.25, -0.2) is 4.98 Å². The van der Waals surface area contributed by atoms with Gasteiger partial charge in [0.1, 0.15) is 0 Å². The second-order valence-electron chi connectivity index (χ2n) is 6.17. The fourth-order valence-electron chi connectivity index (χ4n) is 2.19. The van der Waals surface area contributed by atoms with Gasteiger partial charge >= 0.3 is 0 Å². The third kappa shape index (κ3) is 3.20. The van der Waals surface area contributed by atoms with E-state index in [2.05, 4.69) is 10.3 Å². The van der Waals surface area contributed by atoms with Gasteiger partial charge in [-0.15, -0.1) is 0 Å². The minimum atomic E-state index is -0.505. The number of amides is 1. The monoisotopic (exact) mass is 299 g/mol. The van der Waals surface area contributed by atoms with Crippen molar-refractivity contribution in [3.63, 3.8) is 0 Å². The molecule has 3 rings (SSSR count). The summed E-state index contributed by atoms with van der Waals surface area (Å²) in [6, 6.07) is 7.01. The van der Waals surface area contributed by atoms with Crippen molar-refractivity contribution < 1.29 is 9.21 Å². The molecular weight excluding hydrogens is 278 g/mol. The molecule has 0 aliphatic heterocycles. The molecule has 22 heavy (non-hydrogen) atoms. The van der Waals surface area contributed by atoms with Crippen LogP contribution in [0.2, 0.25) is 0 Å². The van der Waals surface area contributed by atoms with E-state index in [1.807, 2.05) is 38.1 Å². The van der Waals surface area contributed by atoms with Crippen LogP contribution in [0.3, 0.4) is 0 Å². The van der Waals surface area contributed by atoms with Crippen molar-refractivity contribution in [3.05, 3.63) is 36.4 Å². The molecule has 2 aromatic rings. The SMILES string of the molecule is CC(C)[C@H](N)C(=O)Nc1ccc(-c2cnc(C3CC3)o2)cc1. The molecule has 0 spiro atoms. The number of carbonyl (C=O) groups is 1. The third-order valence-corrected chi connectivity index (χ3v) is 3.91. The third-order valence-electron chi connectivity index (χ3n) is 3.91. The van der Waals surface area contributed by atoms with Crippen LogP contribution in [0, 0.1) is 5.92 Å². The first-order chi connectivity index (χ1) is 10.5. The van der Waals surface area contributed by atoms with Crippen LogP contribution in [0.25, 0.3) is 11.3 Å². The zero-order valence-electron chi connectivity index (χ0n) is 12.9. The Bertz CT molecular complexity index is 657. The van der Waals surface area contributed by atoms with Gasteiger partial charge in [0.25, 0.3) is 0 Å².